The number of carbonyl (C=O) groups excluding carboxylic acids is 2. The lowest BCUT2D eigenvalue weighted by Crippen LogP contribution is -2.71. The van der Waals surface area contributed by atoms with Gasteiger partial charge in [0.05, 0.1) is 12.7 Å². The van der Waals surface area contributed by atoms with Crippen LogP contribution in [0, 0.1) is 22.7 Å². The van der Waals surface area contributed by atoms with E-state index in [2.05, 4.69) is 25.8 Å². The van der Waals surface area contributed by atoms with Crippen molar-refractivity contribution in [3.63, 3.8) is 0 Å². The van der Waals surface area contributed by atoms with Crippen molar-refractivity contribution in [3.05, 3.63) is 46.6 Å². The van der Waals surface area contributed by atoms with Crippen LogP contribution >= 0.6 is 0 Å². The fraction of sp³-hybridized carbons (Fsp3) is 0.636. The molecule has 0 aromatic carbocycles. The van der Waals surface area contributed by atoms with Gasteiger partial charge in [0.2, 0.25) is 0 Å². The molecule has 2 aromatic rings. The third kappa shape index (κ3) is 5.37. The third-order valence-electron chi connectivity index (χ3n) is 10.2. The van der Waals surface area contributed by atoms with Crippen LogP contribution in [0.15, 0.2) is 39.8 Å². The Morgan fingerprint density at radius 3 is 2.51 bits per heavy atom. The predicted octanol–water partition coefficient (Wildman–Crippen LogP) is 5.01. The van der Waals surface area contributed by atoms with Gasteiger partial charge in [0.1, 0.15) is 34.9 Å². The number of aromatic nitrogens is 1. The molecular formula is C33H43NO9. The number of unbranched alkanes of at least 4 members (excludes halogenated alkanes) is 1. The molecule has 2 aliphatic carbocycles. The third-order valence-corrected chi connectivity index (χ3v) is 10.2. The summed E-state index contributed by atoms with van der Waals surface area (Å²) in [5, 5.41) is 12.1. The van der Waals surface area contributed by atoms with Crippen molar-refractivity contribution in [1.29, 1.82) is 0 Å². The highest BCUT2D eigenvalue weighted by Gasteiger charge is 2.70. The normalized spacial score (nSPS) is 34.6. The predicted molar refractivity (Wildman–Crippen MR) is 156 cm³/mol. The van der Waals surface area contributed by atoms with Gasteiger partial charge in [-0.15, -0.1) is 0 Å². The van der Waals surface area contributed by atoms with Crippen LogP contribution in [0.2, 0.25) is 0 Å². The molecule has 2 aromatic heterocycles. The minimum absolute atomic E-state index is 0.0431. The molecule has 0 amide bonds. The standard InChI is InChI=1S/C33H43NO9/c1-7-8-14-39-18-32(5)24-16-26(41-20(3)36)33(6)29(31(24,4)12-11-25(32)40-19(2)35)28(37)27-23(43-33)15-22(42-30(27)38)21-10-9-13-34-17-21/h9-10,13,15,17,24-26,28-29,37H,7-8,11-12,14,16,18H2,1-6H3/t24?,25-,26-,28-,29?,31-,32-,33+/m0/s1. The van der Waals surface area contributed by atoms with Crippen molar-refractivity contribution in [2.24, 2.45) is 22.7 Å². The Morgan fingerprint density at radius 1 is 1.14 bits per heavy atom. The van der Waals surface area contributed by atoms with Crippen molar-refractivity contribution >= 4 is 11.9 Å². The van der Waals surface area contributed by atoms with E-state index in [4.69, 9.17) is 23.4 Å². The molecule has 43 heavy (non-hydrogen) atoms. The van der Waals surface area contributed by atoms with Gasteiger partial charge in [-0.3, -0.25) is 14.6 Å². The molecule has 0 spiro atoms. The van der Waals surface area contributed by atoms with E-state index < -0.39 is 52.3 Å². The molecule has 1 aliphatic heterocycles. The summed E-state index contributed by atoms with van der Waals surface area (Å²) in [5.41, 5.74) is -2.52. The zero-order valence-corrected chi connectivity index (χ0v) is 25.9. The number of rotatable bonds is 8. The number of esters is 2. The van der Waals surface area contributed by atoms with Gasteiger partial charge >= 0.3 is 17.6 Å². The fourth-order valence-electron chi connectivity index (χ4n) is 8.32. The number of fused-ring (bicyclic) bond motifs is 4. The molecule has 10 heteroatoms. The number of hydrogen-bond donors (Lipinski definition) is 1. The molecule has 10 nitrogen and oxygen atoms in total. The van der Waals surface area contributed by atoms with E-state index in [1.807, 2.05) is 6.92 Å². The van der Waals surface area contributed by atoms with Crippen LogP contribution in [0.25, 0.3) is 11.3 Å². The van der Waals surface area contributed by atoms with Gasteiger partial charge in [-0.25, -0.2) is 4.79 Å². The van der Waals surface area contributed by atoms with E-state index in [0.29, 0.717) is 38.0 Å². The van der Waals surface area contributed by atoms with E-state index in [1.165, 1.54) is 13.8 Å². The van der Waals surface area contributed by atoms with Crippen molar-refractivity contribution < 1.29 is 38.1 Å². The average molecular weight is 598 g/mol. The summed E-state index contributed by atoms with van der Waals surface area (Å²) in [5.74, 6) is -1.27. The molecule has 2 unspecified atom stereocenters. The fourth-order valence-corrected chi connectivity index (χ4v) is 8.32. The molecule has 234 valence electrons. The SMILES string of the molecule is CCCCOC[C@@]1(C)C2C[C@H](OC(C)=O)[C@@]3(C)Oc4cc(-c5cccnc5)oc(=O)c4[C@H](O)C3[C@@]2(C)CC[C@@H]1OC(C)=O. The lowest BCUT2D eigenvalue weighted by molar-refractivity contribution is -0.271. The number of nitrogens with zero attached hydrogens (tertiary/aromatic N) is 1. The maximum Gasteiger partial charge on any atom is 0.345 e. The van der Waals surface area contributed by atoms with Gasteiger partial charge in [-0.2, -0.15) is 0 Å². The van der Waals surface area contributed by atoms with Crippen LogP contribution in [0.5, 0.6) is 5.75 Å². The van der Waals surface area contributed by atoms with Gasteiger partial charge in [0, 0.05) is 55.8 Å². The summed E-state index contributed by atoms with van der Waals surface area (Å²) in [6.45, 7) is 11.7. The minimum Gasteiger partial charge on any atom is -0.482 e. The van der Waals surface area contributed by atoms with Crippen LogP contribution in [-0.2, 0) is 23.8 Å². The van der Waals surface area contributed by atoms with E-state index in [1.54, 1.807) is 30.6 Å². The van der Waals surface area contributed by atoms with E-state index >= 15 is 0 Å². The van der Waals surface area contributed by atoms with Crippen molar-refractivity contribution in [2.75, 3.05) is 13.2 Å². The molecule has 8 atom stereocenters. The second-order valence-electron chi connectivity index (χ2n) is 13.1. The number of aliphatic hydroxyl groups is 1. The Balaban J connectivity index is 1.63. The number of hydrogen-bond acceptors (Lipinski definition) is 10. The van der Waals surface area contributed by atoms with Crippen molar-refractivity contribution in [3.8, 4) is 17.1 Å². The zero-order chi connectivity index (χ0) is 31.2. The second kappa shape index (κ2) is 11.7. The number of ether oxygens (including phenoxy) is 4. The first-order chi connectivity index (χ1) is 20.3. The van der Waals surface area contributed by atoms with Crippen LogP contribution in [0.3, 0.4) is 0 Å². The van der Waals surface area contributed by atoms with Crippen molar-refractivity contribution in [2.45, 2.75) is 97.6 Å². The van der Waals surface area contributed by atoms with Gasteiger partial charge in [-0.05, 0) is 56.1 Å². The molecule has 0 radical (unpaired) electrons. The number of carbonyl (C=O) groups is 2. The molecular weight excluding hydrogens is 554 g/mol. The molecule has 0 bridgehead atoms. The molecule has 0 saturated heterocycles. The van der Waals surface area contributed by atoms with Crippen LogP contribution in [0.4, 0.5) is 0 Å². The zero-order valence-electron chi connectivity index (χ0n) is 25.9. The Hall–Kier alpha value is -3.24. The topological polar surface area (TPSA) is 134 Å². The largest absolute Gasteiger partial charge is 0.482 e. The van der Waals surface area contributed by atoms with Crippen molar-refractivity contribution in [1.82, 2.24) is 4.98 Å². The first kappa shape index (κ1) is 31.2. The molecule has 1 N–H and O–H groups in total. The smallest absolute Gasteiger partial charge is 0.345 e. The van der Waals surface area contributed by atoms with E-state index in [9.17, 15) is 19.5 Å². The Bertz CT molecular complexity index is 1410. The Morgan fingerprint density at radius 2 is 1.86 bits per heavy atom. The quantitative estimate of drug-likeness (QED) is 0.327. The summed E-state index contributed by atoms with van der Waals surface area (Å²) < 4.78 is 30.5. The maximum absolute atomic E-state index is 13.5. The van der Waals surface area contributed by atoms with Crippen LogP contribution in [-0.4, -0.2) is 53.1 Å². The Kier molecular flexibility index (Phi) is 8.48. The monoisotopic (exact) mass is 597 g/mol. The van der Waals surface area contributed by atoms with Crippen LogP contribution in [0.1, 0.15) is 85.3 Å². The molecule has 2 saturated carbocycles. The minimum atomic E-state index is -1.27. The summed E-state index contributed by atoms with van der Waals surface area (Å²) >= 11 is 0. The summed E-state index contributed by atoms with van der Waals surface area (Å²) in [4.78, 5) is 42.3. The van der Waals surface area contributed by atoms with E-state index in [-0.39, 0.29) is 29.0 Å². The highest BCUT2D eigenvalue weighted by Crippen LogP contribution is 2.67. The first-order valence-electron chi connectivity index (χ1n) is 15.2. The number of aliphatic hydroxyl groups excluding tert-OH is 1. The van der Waals surface area contributed by atoms with E-state index in [0.717, 1.165) is 12.8 Å². The molecule has 2 fully saturated rings. The first-order valence-corrected chi connectivity index (χ1v) is 15.2. The van der Waals surface area contributed by atoms with Gasteiger partial charge in [-0.1, -0.05) is 27.2 Å². The summed E-state index contributed by atoms with van der Waals surface area (Å²) in [7, 11) is 0. The summed E-state index contributed by atoms with van der Waals surface area (Å²) in [6, 6.07) is 5.09. The lowest BCUT2D eigenvalue weighted by atomic mass is 9.42. The molecule has 3 heterocycles. The lowest BCUT2D eigenvalue weighted by Gasteiger charge is -2.66. The number of pyridine rings is 1. The highest BCUT2D eigenvalue weighted by atomic mass is 16.6. The summed E-state index contributed by atoms with van der Waals surface area (Å²) in [6.07, 6.45) is 4.12. The maximum atomic E-state index is 13.5. The highest BCUT2D eigenvalue weighted by molar-refractivity contribution is 5.67. The van der Waals surface area contributed by atoms with Gasteiger partial charge in [0.25, 0.3) is 0 Å². The average Bonchev–Trinajstić information content (AvgIpc) is 2.93. The van der Waals surface area contributed by atoms with Gasteiger partial charge in [0.15, 0.2) is 0 Å². The molecule has 3 aliphatic rings. The molecule has 5 rings (SSSR count). The second-order valence-corrected chi connectivity index (χ2v) is 13.1. The Labute approximate surface area is 252 Å². The van der Waals surface area contributed by atoms with Gasteiger partial charge < -0.3 is 28.5 Å². The van der Waals surface area contributed by atoms with Crippen LogP contribution < -0.4 is 10.4 Å².